The SMILES string of the molecule is O=CCc1sc(-c2cccc(Cl)c2Cl)c([N+](=O)[O-])c1S. The molecule has 0 saturated carbocycles. The highest BCUT2D eigenvalue weighted by Crippen LogP contribution is 2.47. The van der Waals surface area contributed by atoms with Gasteiger partial charge in [-0.3, -0.25) is 10.1 Å². The van der Waals surface area contributed by atoms with E-state index in [-0.39, 0.29) is 22.0 Å². The Morgan fingerprint density at radius 3 is 2.70 bits per heavy atom. The van der Waals surface area contributed by atoms with Crippen LogP contribution in [0.3, 0.4) is 0 Å². The number of halogens is 2. The Labute approximate surface area is 133 Å². The van der Waals surface area contributed by atoms with Crippen LogP contribution in [0.25, 0.3) is 10.4 Å². The number of hydrogen-bond acceptors (Lipinski definition) is 5. The fraction of sp³-hybridized carbons (Fsp3) is 0.0833. The summed E-state index contributed by atoms with van der Waals surface area (Å²) >= 11 is 17.3. The molecule has 0 aliphatic rings. The maximum absolute atomic E-state index is 11.2. The molecule has 1 aromatic carbocycles. The summed E-state index contributed by atoms with van der Waals surface area (Å²) < 4.78 is 0. The average molecular weight is 348 g/mol. The summed E-state index contributed by atoms with van der Waals surface area (Å²) in [6, 6.07) is 4.90. The van der Waals surface area contributed by atoms with Gasteiger partial charge in [-0.1, -0.05) is 35.3 Å². The molecule has 0 spiro atoms. The Hall–Kier alpha value is -1.08. The zero-order valence-electron chi connectivity index (χ0n) is 9.80. The third-order valence-electron chi connectivity index (χ3n) is 2.58. The van der Waals surface area contributed by atoms with E-state index in [0.717, 1.165) is 11.3 Å². The number of thiophene rings is 1. The number of carbonyl (C=O) groups is 1. The van der Waals surface area contributed by atoms with Gasteiger partial charge in [0.2, 0.25) is 0 Å². The molecule has 104 valence electrons. The number of rotatable bonds is 4. The molecule has 0 aliphatic carbocycles. The molecule has 0 atom stereocenters. The standard InChI is InChI=1S/C12H7Cl2NO3S2/c13-7-3-1-2-6(9(7)14)12-10(15(17)18)11(19)8(20-12)4-5-16/h1-3,5,19H,4H2. The molecule has 0 amide bonds. The van der Waals surface area contributed by atoms with E-state index < -0.39 is 4.92 Å². The molecule has 2 aromatic rings. The van der Waals surface area contributed by atoms with Gasteiger partial charge >= 0.3 is 5.69 Å². The lowest BCUT2D eigenvalue weighted by molar-refractivity contribution is -0.386. The lowest BCUT2D eigenvalue weighted by atomic mass is 10.1. The average Bonchev–Trinajstić information content (AvgIpc) is 2.71. The minimum Gasteiger partial charge on any atom is -0.303 e. The van der Waals surface area contributed by atoms with Gasteiger partial charge in [0.1, 0.15) is 11.2 Å². The maximum Gasteiger partial charge on any atom is 0.301 e. The summed E-state index contributed by atoms with van der Waals surface area (Å²) in [5.41, 5.74) is 0.308. The monoisotopic (exact) mass is 347 g/mol. The van der Waals surface area contributed by atoms with Crippen molar-refractivity contribution in [3.8, 4) is 10.4 Å². The zero-order valence-corrected chi connectivity index (χ0v) is 13.0. The zero-order chi connectivity index (χ0) is 14.9. The first-order valence-corrected chi connectivity index (χ1v) is 7.36. The van der Waals surface area contributed by atoms with Gasteiger partial charge in [0, 0.05) is 16.9 Å². The molecule has 0 radical (unpaired) electrons. The molecule has 0 N–H and O–H groups in total. The molecule has 0 unspecified atom stereocenters. The number of nitrogens with zero attached hydrogens (tertiary/aromatic N) is 1. The van der Waals surface area contributed by atoms with Crippen LogP contribution >= 0.6 is 47.2 Å². The minimum absolute atomic E-state index is 0.0719. The third kappa shape index (κ3) is 2.69. The molecule has 2 rings (SSSR count). The fourth-order valence-electron chi connectivity index (χ4n) is 1.70. The molecular formula is C12H7Cl2NO3S2. The molecule has 8 heteroatoms. The van der Waals surface area contributed by atoms with Crippen LogP contribution in [0.1, 0.15) is 4.88 Å². The molecule has 4 nitrogen and oxygen atoms in total. The van der Waals surface area contributed by atoms with E-state index >= 15 is 0 Å². The summed E-state index contributed by atoms with van der Waals surface area (Å²) in [4.78, 5) is 22.4. The van der Waals surface area contributed by atoms with Crippen molar-refractivity contribution in [3.05, 3.63) is 43.2 Å². The summed E-state index contributed by atoms with van der Waals surface area (Å²) in [6.07, 6.45) is 0.751. The van der Waals surface area contributed by atoms with E-state index in [2.05, 4.69) is 12.6 Å². The van der Waals surface area contributed by atoms with Crippen molar-refractivity contribution in [2.45, 2.75) is 11.3 Å². The summed E-state index contributed by atoms with van der Waals surface area (Å²) in [7, 11) is 0. The molecule has 1 heterocycles. The summed E-state index contributed by atoms with van der Waals surface area (Å²) in [6.45, 7) is 0. The van der Waals surface area contributed by atoms with Crippen LogP contribution in [-0.2, 0) is 11.2 Å². The van der Waals surface area contributed by atoms with E-state index in [1.165, 1.54) is 0 Å². The van der Waals surface area contributed by atoms with Crippen molar-refractivity contribution in [1.29, 1.82) is 0 Å². The molecule has 1 aromatic heterocycles. The predicted octanol–water partition coefficient (Wildman–Crippen LogP) is 4.66. The van der Waals surface area contributed by atoms with Gasteiger partial charge in [0.15, 0.2) is 0 Å². The minimum atomic E-state index is -0.528. The number of aldehydes is 1. The lowest BCUT2D eigenvalue weighted by Crippen LogP contribution is -1.90. The second-order valence-electron chi connectivity index (χ2n) is 3.78. The van der Waals surface area contributed by atoms with Crippen LogP contribution in [0.2, 0.25) is 10.0 Å². The van der Waals surface area contributed by atoms with Gasteiger partial charge < -0.3 is 4.79 Å². The van der Waals surface area contributed by atoms with Crippen LogP contribution in [0, 0.1) is 10.1 Å². The van der Waals surface area contributed by atoms with Crippen molar-refractivity contribution in [3.63, 3.8) is 0 Å². The molecule has 0 saturated heterocycles. The maximum atomic E-state index is 11.2. The van der Waals surface area contributed by atoms with Gasteiger partial charge in [-0.25, -0.2) is 0 Å². The van der Waals surface area contributed by atoms with E-state index in [9.17, 15) is 14.9 Å². The van der Waals surface area contributed by atoms with Crippen LogP contribution in [0.4, 0.5) is 5.69 Å². The Morgan fingerprint density at radius 2 is 2.10 bits per heavy atom. The second kappa shape index (κ2) is 6.13. The normalized spacial score (nSPS) is 10.6. The van der Waals surface area contributed by atoms with E-state index in [1.54, 1.807) is 18.2 Å². The number of benzene rings is 1. The van der Waals surface area contributed by atoms with Crippen LogP contribution in [0.15, 0.2) is 23.1 Å². The van der Waals surface area contributed by atoms with Gasteiger partial charge in [-0.15, -0.1) is 24.0 Å². The largest absolute Gasteiger partial charge is 0.303 e. The quantitative estimate of drug-likeness (QED) is 0.378. The van der Waals surface area contributed by atoms with Crippen molar-refractivity contribution in [1.82, 2.24) is 0 Å². The van der Waals surface area contributed by atoms with Gasteiger partial charge in [-0.05, 0) is 6.07 Å². The third-order valence-corrected chi connectivity index (χ3v) is 5.26. The molecule has 0 bridgehead atoms. The predicted molar refractivity (Wildman–Crippen MR) is 83.4 cm³/mol. The summed E-state index contributed by atoms with van der Waals surface area (Å²) in [5.74, 6) is 0. The van der Waals surface area contributed by atoms with Gasteiger partial charge in [-0.2, -0.15) is 0 Å². The van der Waals surface area contributed by atoms with Gasteiger partial charge in [0.25, 0.3) is 0 Å². The van der Waals surface area contributed by atoms with Crippen LogP contribution in [0.5, 0.6) is 0 Å². The van der Waals surface area contributed by atoms with Crippen molar-refractivity contribution >= 4 is 59.1 Å². The van der Waals surface area contributed by atoms with Crippen LogP contribution in [-0.4, -0.2) is 11.2 Å². The highest BCUT2D eigenvalue weighted by atomic mass is 35.5. The van der Waals surface area contributed by atoms with Crippen molar-refractivity contribution < 1.29 is 9.72 Å². The first-order chi connectivity index (χ1) is 9.47. The lowest BCUT2D eigenvalue weighted by Gasteiger charge is -2.03. The molecular weight excluding hydrogens is 341 g/mol. The Balaban J connectivity index is 2.73. The first-order valence-electron chi connectivity index (χ1n) is 5.34. The number of thiol groups is 1. The highest BCUT2D eigenvalue weighted by molar-refractivity contribution is 7.80. The summed E-state index contributed by atoms with van der Waals surface area (Å²) in [5, 5.41) is 11.8. The van der Waals surface area contributed by atoms with Crippen molar-refractivity contribution in [2.75, 3.05) is 0 Å². The smallest absolute Gasteiger partial charge is 0.301 e. The Bertz CT molecular complexity index is 700. The number of hydrogen-bond donors (Lipinski definition) is 1. The van der Waals surface area contributed by atoms with E-state index in [1.807, 2.05) is 0 Å². The highest BCUT2D eigenvalue weighted by Gasteiger charge is 2.27. The topological polar surface area (TPSA) is 60.2 Å². The Kier molecular flexibility index (Phi) is 4.70. The van der Waals surface area contributed by atoms with Crippen molar-refractivity contribution in [2.24, 2.45) is 0 Å². The first kappa shape index (κ1) is 15.3. The molecule has 0 fully saturated rings. The van der Waals surface area contributed by atoms with Gasteiger partial charge in [0.05, 0.1) is 19.9 Å². The Morgan fingerprint density at radius 1 is 1.40 bits per heavy atom. The van der Waals surface area contributed by atoms with E-state index in [0.29, 0.717) is 26.6 Å². The molecule has 0 aliphatic heterocycles. The number of nitro groups is 1. The second-order valence-corrected chi connectivity index (χ2v) is 6.12. The fourth-order valence-corrected chi connectivity index (χ4v) is 3.80. The molecule has 20 heavy (non-hydrogen) atoms. The van der Waals surface area contributed by atoms with Crippen LogP contribution < -0.4 is 0 Å². The van der Waals surface area contributed by atoms with E-state index in [4.69, 9.17) is 23.2 Å². The number of carbonyl (C=O) groups excluding carboxylic acids is 1.